The molecule has 6 nitrogen and oxygen atoms in total. The van der Waals surface area contributed by atoms with Gasteiger partial charge in [0.15, 0.2) is 0 Å². The topological polar surface area (TPSA) is 66.6 Å². The third kappa shape index (κ3) is 5.13. The zero-order valence-electron chi connectivity index (χ0n) is 22.2. The standard InChI is InChI=1S/C31H38N4O2/c1-33(2)31(37)35(20-15-26(16-21-35)30(32)36)22-19-34-17-13-25(14-18-34)29-27-9-5-3-7-23(27)11-12-24-8-4-6-10-28(24)29/h3-12,26H,13-22H2,1-2H3,(H-,32,36)/p+1. The highest BCUT2D eigenvalue weighted by atomic mass is 16.2. The zero-order chi connectivity index (χ0) is 26.0. The van der Waals surface area contributed by atoms with Gasteiger partial charge in [-0.05, 0) is 40.7 Å². The fourth-order valence-electron chi connectivity index (χ4n) is 6.36. The lowest BCUT2D eigenvalue weighted by Gasteiger charge is -2.43. The molecular weight excluding hydrogens is 460 g/mol. The predicted molar refractivity (Wildman–Crippen MR) is 149 cm³/mol. The number of quaternary nitrogens is 1. The second-order valence-electron chi connectivity index (χ2n) is 11.0. The number of carbonyl (C=O) groups is 2. The van der Waals surface area contributed by atoms with Gasteiger partial charge in [0.2, 0.25) is 5.91 Å². The van der Waals surface area contributed by atoms with Gasteiger partial charge in [-0.15, -0.1) is 0 Å². The summed E-state index contributed by atoms with van der Waals surface area (Å²) in [7, 11) is 3.66. The first kappa shape index (κ1) is 25.4. The average molecular weight is 500 g/mol. The molecule has 2 aromatic carbocycles. The number of likely N-dealkylation sites (tertiary alicyclic amines) is 2. The van der Waals surface area contributed by atoms with E-state index < -0.39 is 0 Å². The maximum atomic E-state index is 13.2. The SMILES string of the molecule is CN(C)C(=O)[N+]1(CCN2CCC(=C3c4ccccc4C=Cc4ccccc43)CC2)CCC(C(N)=O)CC1. The van der Waals surface area contributed by atoms with E-state index in [4.69, 9.17) is 5.73 Å². The summed E-state index contributed by atoms with van der Waals surface area (Å²) < 4.78 is 0.424. The van der Waals surface area contributed by atoms with Gasteiger partial charge in [-0.2, -0.15) is 0 Å². The number of urea groups is 1. The maximum Gasteiger partial charge on any atom is 0.418 e. The van der Waals surface area contributed by atoms with Gasteiger partial charge in [-0.1, -0.05) is 66.3 Å². The van der Waals surface area contributed by atoms with Gasteiger partial charge < -0.3 is 5.73 Å². The molecule has 5 rings (SSSR count). The highest BCUT2D eigenvalue weighted by Gasteiger charge is 2.43. The lowest BCUT2D eigenvalue weighted by atomic mass is 9.86. The first-order valence-electron chi connectivity index (χ1n) is 13.6. The third-order valence-electron chi connectivity index (χ3n) is 8.56. The Balaban J connectivity index is 1.32. The molecule has 194 valence electrons. The predicted octanol–water partition coefficient (Wildman–Crippen LogP) is 4.46. The van der Waals surface area contributed by atoms with Crippen molar-refractivity contribution in [2.45, 2.75) is 25.7 Å². The Labute approximate surface area is 220 Å². The van der Waals surface area contributed by atoms with Crippen LogP contribution in [0.2, 0.25) is 0 Å². The van der Waals surface area contributed by atoms with Crippen LogP contribution in [-0.2, 0) is 4.79 Å². The quantitative estimate of drug-likeness (QED) is 0.539. The minimum absolute atomic E-state index is 0.106. The van der Waals surface area contributed by atoms with Crippen LogP contribution in [-0.4, -0.2) is 79.6 Å². The molecule has 2 saturated heterocycles. The number of hydrogen-bond donors (Lipinski definition) is 1. The Hall–Kier alpha value is -3.22. The molecule has 0 saturated carbocycles. The van der Waals surface area contributed by atoms with Crippen LogP contribution >= 0.6 is 0 Å². The van der Waals surface area contributed by atoms with Crippen LogP contribution in [0.5, 0.6) is 0 Å². The molecule has 2 N–H and O–H groups in total. The molecule has 0 aromatic heterocycles. The molecule has 2 aliphatic heterocycles. The van der Waals surface area contributed by atoms with Gasteiger partial charge in [0.05, 0.1) is 13.1 Å². The lowest BCUT2D eigenvalue weighted by molar-refractivity contribution is -0.859. The van der Waals surface area contributed by atoms with Gasteiger partial charge in [0.25, 0.3) is 0 Å². The van der Waals surface area contributed by atoms with E-state index in [1.807, 2.05) is 14.1 Å². The van der Waals surface area contributed by atoms with Gasteiger partial charge in [-0.25, -0.2) is 9.28 Å². The number of fused-ring (bicyclic) bond motifs is 2. The number of nitrogens with zero attached hydrogens (tertiary/aromatic N) is 3. The second kappa shape index (κ2) is 10.6. The maximum absolute atomic E-state index is 13.2. The van der Waals surface area contributed by atoms with Gasteiger partial charge in [0.1, 0.15) is 6.54 Å². The first-order valence-corrected chi connectivity index (χ1v) is 13.6. The number of nitrogens with two attached hydrogens (primary N) is 1. The van der Waals surface area contributed by atoms with E-state index in [0.717, 1.165) is 39.0 Å². The minimum Gasteiger partial charge on any atom is -0.369 e. The number of hydrogen-bond acceptors (Lipinski definition) is 3. The van der Waals surface area contributed by atoms with Crippen molar-refractivity contribution in [3.05, 3.63) is 76.4 Å². The third-order valence-corrected chi connectivity index (χ3v) is 8.56. The van der Waals surface area contributed by atoms with E-state index in [0.29, 0.717) is 30.4 Å². The van der Waals surface area contributed by atoms with Crippen molar-refractivity contribution in [2.75, 3.05) is 53.4 Å². The smallest absolute Gasteiger partial charge is 0.369 e. The van der Waals surface area contributed by atoms with E-state index in [1.165, 1.54) is 33.4 Å². The largest absolute Gasteiger partial charge is 0.418 e. The van der Waals surface area contributed by atoms with E-state index in [2.05, 4.69) is 65.6 Å². The van der Waals surface area contributed by atoms with Crippen molar-refractivity contribution >= 4 is 29.7 Å². The molecule has 2 aromatic rings. The highest BCUT2D eigenvalue weighted by Crippen LogP contribution is 2.38. The van der Waals surface area contributed by atoms with Crippen molar-refractivity contribution in [2.24, 2.45) is 11.7 Å². The monoisotopic (exact) mass is 499 g/mol. The van der Waals surface area contributed by atoms with Crippen LogP contribution in [0, 0.1) is 5.92 Å². The van der Waals surface area contributed by atoms with Crippen LogP contribution < -0.4 is 5.73 Å². The summed E-state index contributed by atoms with van der Waals surface area (Å²) >= 11 is 0. The van der Waals surface area contributed by atoms with Crippen molar-refractivity contribution in [1.82, 2.24) is 9.80 Å². The minimum atomic E-state index is -0.233. The first-order chi connectivity index (χ1) is 17.9. The fourth-order valence-corrected chi connectivity index (χ4v) is 6.36. The number of rotatable bonds is 4. The number of carbonyl (C=O) groups excluding carboxylic acids is 2. The Bertz CT molecular complexity index is 1180. The molecule has 6 heteroatoms. The molecule has 0 spiro atoms. The summed E-state index contributed by atoms with van der Waals surface area (Å²) in [4.78, 5) is 29.2. The normalized spacial score (nSPS) is 23.7. The highest BCUT2D eigenvalue weighted by molar-refractivity contribution is 5.94. The zero-order valence-corrected chi connectivity index (χ0v) is 22.2. The van der Waals surface area contributed by atoms with Crippen LogP contribution in [0.1, 0.15) is 47.9 Å². The van der Waals surface area contributed by atoms with E-state index in [-0.39, 0.29) is 17.9 Å². The van der Waals surface area contributed by atoms with Crippen molar-refractivity contribution in [1.29, 1.82) is 0 Å². The molecule has 0 bridgehead atoms. The lowest BCUT2D eigenvalue weighted by Crippen LogP contribution is -2.63. The fraction of sp³-hybridized carbons (Fsp3) is 0.419. The molecule has 37 heavy (non-hydrogen) atoms. The number of benzene rings is 2. The molecule has 1 aliphatic carbocycles. The molecule has 0 atom stereocenters. The number of primary amides is 1. The van der Waals surface area contributed by atoms with Crippen molar-refractivity contribution in [3.8, 4) is 0 Å². The van der Waals surface area contributed by atoms with Crippen LogP contribution in [0.15, 0.2) is 54.1 Å². The molecule has 2 heterocycles. The van der Waals surface area contributed by atoms with Crippen LogP contribution in [0.4, 0.5) is 4.79 Å². The Morgan fingerprint density at radius 1 is 0.919 bits per heavy atom. The summed E-state index contributed by atoms with van der Waals surface area (Å²) in [6.45, 7) is 5.04. The Kier molecular flexibility index (Phi) is 7.31. The number of amides is 3. The molecular formula is C31H39N4O2+. The van der Waals surface area contributed by atoms with E-state index in [1.54, 1.807) is 4.90 Å². The summed E-state index contributed by atoms with van der Waals surface area (Å²) in [5.41, 5.74) is 13.7. The average Bonchev–Trinajstić information content (AvgIpc) is 3.09. The molecule has 3 aliphatic rings. The van der Waals surface area contributed by atoms with Crippen LogP contribution in [0.3, 0.4) is 0 Å². The van der Waals surface area contributed by atoms with Crippen LogP contribution in [0.25, 0.3) is 17.7 Å². The van der Waals surface area contributed by atoms with E-state index in [9.17, 15) is 9.59 Å². The molecule has 0 radical (unpaired) electrons. The van der Waals surface area contributed by atoms with Gasteiger partial charge in [0, 0.05) is 52.5 Å². The van der Waals surface area contributed by atoms with Gasteiger partial charge in [-0.3, -0.25) is 14.6 Å². The molecule has 3 amide bonds. The second-order valence-corrected chi connectivity index (χ2v) is 11.0. The molecule has 0 unspecified atom stereocenters. The van der Waals surface area contributed by atoms with E-state index >= 15 is 0 Å². The molecule has 2 fully saturated rings. The van der Waals surface area contributed by atoms with Gasteiger partial charge >= 0.3 is 6.03 Å². The summed E-state index contributed by atoms with van der Waals surface area (Å²) in [6.07, 6.45) is 7.93. The summed E-state index contributed by atoms with van der Waals surface area (Å²) in [5, 5.41) is 0. The van der Waals surface area contributed by atoms with Crippen molar-refractivity contribution in [3.63, 3.8) is 0 Å². The number of piperidine rings is 2. The Morgan fingerprint density at radius 2 is 1.46 bits per heavy atom. The summed E-state index contributed by atoms with van der Waals surface area (Å²) in [6, 6.07) is 17.6. The Morgan fingerprint density at radius 3 is 1.97 bits per heavy atom. The van der Waals surface area contributed by atoms with Crippen molar-refractivity contribution < 1.29 is 14.1 Å². The summed E-state index contributed by atoms with van der Waals surface area (Å²) in [5.74, 6) is -0.339.